The third-order valence-corrected chi connectivity index (χ3v) is 5.61. The van der Waals surface area contributed by atoms with E-state index in [1.807, 2.05) is 36.5 Å². The van der Waals surface area contributed by atoms with Crippen molar-refractivity contribution in [3.8, 4) is 5.75 Å². The van der Waals surface area contributed by atoms with Crippen LogP contribution in [-0.4, -0.2) is 33.5 Å². The van der Waals surface area contributed by atoms with Crippen LogP contribution in [0.15, 0.2) is 43.0 Å². The van der Waals surface area contributed by atoms with Crippen molar-refractivity contribution in [2.75, 3.05) is 13.2 Å². The maximum absolute atomic E-state index is 12.9. The molecule has 1 aliphatic carbocycles. The molecule has 0 aliphatic heterocycles. The summed E-state index contributed by atoms with van der Waals surface area (Å²) in [6.07, 6.45) is 13.5. The number of carbonyl (C=O) groups is 1. The predicted octanol–water partition coefficient (Wildman–Crippen LogP) is 4.67. The Kier molecular flexibility index (Phi) is 7.94. The zero-order chi connectivity index (χ0) is 19.6. The average molecular weight is 384 g/mol. The fourth-order valence-corrected chi connectivity index (χ4v) is 4.02. The molecule has 1 saturated carbocycles. The Morgan fingerprint density at radius 3 is 2.71 bits per heavy atom. The van der Waals surface area contributed by atoms with Crippen molar-refractivity contribution in [2.45, 2.75) is 65.0 Å². The van der Waals surface area contributed by atoms with Gasteiger partial charge < -0.3 is 14.2 Å². The van der Waals surface area contributed by atoms with Gasteiger partial charge in [0.1, 0.15) is 5.75 Å². The number of imidazole rings is 1. The Morgan fingerprint density at radius 1 is 1.25 bits per heavy atom. The summed E-state index contributed by atoms with van der Waals surface area (Å²) < 4.78 is 7.59. The van der Waals surface area contributed by atoms with Crippen LogP contribution in [0.5, 0.6) is 5.75 Å². The minimum atomic E-state index is 0.284. The highest BCUT2D eigenvalue weighted by molar-refractivity contribution is 5.76. The molecule has 1 heterocycles. The highest BCUT2D eigenvalue weighted by Gasteiger charge is 2.19. The van der Waals surface area contributed by atoms with E-state index in [0.717, 1.165) is 43.2 Å². The summed E-state index contributed by atoms with van der Waals surface area (Å²) in [5.74, 6) is 1.92. The van der Waals surface area contributed by atoms with E-state index in [-0.39, 0.29) is 5.91 Å². The standard InChI is InChI=1S/C23H33N3O2/c1-2-28-22-11-8-21(9-12-22)18-26(16-5-15-25-17-14-24-19-25)23(27)13-10-20-6-3-4-7-20/h8-9,11-12,14,17,19-20H,2-7,10,13,15-16,18H2,1H3. The lowest BCUT2D eigenvalue weighted by atomic mass is 10.0. The molecule has 0 bridgehead atoms. The molecule has 1 fully saturated rings. The zero-order valence-electron chi connectivity index (χ0n) is 17.1. The van der Waals surface area contributed by atoms with Crippen molar-refractivity contribution in [3.63, 3.8) is 0 Å². The fourth-order valence-electron chi connectivity index (χ4n) is 4.02. The van der Waals surface area contributed by atoms with E-state index in [1.165, 1.54) is 25.7 Å². The molecule has 0 radical (unpaired) electrons. The number of hydrogen-bond acceptors (Lipinski definition) is 3. The lowest BCUT2D eigenvalue weighted by Gasteiger charge is -2.24. The van der Waals surface area contributed by atoms with E-state index in [1.54, 1.807) is 6.20 Å². The van der Waals surface area contributed by atoms with Crippen LogP contribution in [0.2, 0.25) is 0 Å². The topological polar surface area (TPSA) is 47.4 Å². The van der Waals surface area contributed by atoms with Crippen molar-refractivity contribution in [2.24, 2.45) is 5.92 Å². The number of aromatic nitrogens is 2. The molecule has 0 N–H and O–H groups in total. The molecule has 5 heteroatoms. The fraction of sp³-hybridized carbons (Fsp3) is 0.565. The largest absolute Gasteiger partial charge is 0.494 e. The second-order valence-corrected chi connectivity index (χ2v) is 7.74. The number of benzene rings is 1. The van der Waals surface area contributed by atoms with Gasteiger partial charge in [-0.05, 0) is 43.4 Å². The van der Waals surface area contributed by atoms with Crippen LogP contribution in [0.1, 0.15) is 57.4 Å². The molecule has 1 amide bonds. The van der Waals surface area contributed by atoms with Crippen LogP contribution in [0.25, 0.3) is 0 Å². The molecule has 1 aromatic heterocycles. The van der Waals surface area contributed by atoms with E-state index in [4.69, 9.17) is 4.74 Å². The second-order valence-electron chi connectivity index (χ2n) is 7.74. The van der Waals surface area contributed by atoms with Gasteiger partial charge in [0.15, 0.2) is 0 Å². The molecule has 2 aromatic rings. The first-order chi connectivity index (χ1) is 13.7. The normalized spacial score (nSPS) is 14.3. The highest BCUT2D eigenvalue weighted by atomic mass is 16.5. The quantitative estimate of drug-likeness (QED) is 0.566. The third kappa shape index (κ3) is 6.39. The maximum Gasteiger partial charge on any atom is 0.222 e. The first kappa shape index (κ1) is 20.4. The SMILES string of the molecule is CCOc1ccc(CN(CCCn2ccnc2)C(=O)CCC2CCCC2)cc1. The van der Waals surface area contributed by atoms with Gasteiger partial charge in [0, 0.05) is 38.4 Å². The zero-order valence-corrected chi connectivity index (χ0v) is 17.1. The van der Waals surface area contributed by atoms with Gasteiger partial charge in [-0.15, -0.1) is 0 Å². The van der Waals surface area contributed by atoms with Crippen LogP contribution < -0.4 is 4.74 Å². The highest BCUT2D eigenvalue weighted by Crippen LogP contribution is 2.28. The molecule has 152 valence electrons. The van der Waals surface area contributed by atoms with Crippen LogP contribution >= 0.6 is 0 Å². The molecule has 0 spiro atoms. The first-order valence-electron chi connectivity index (χ1n) is 10.7. The molecular weight excluding hydrogens is 350 g/mol. The monoisotopic (exact) mass is 383 g/mol. The van der Waals surface area contributed by atoms with Gasteiger partial charge in [-0.25, -0.2) is 4.98 Å². The van der Waals surface area contributed by atoms with Crippen LogP contribution in [-0.2, 0) is 17.9 Å². The van der Waals surface area contributed by atoms with Gasteiger partial charge >= 0.3 is 0 Å². The molecule has 3 rings (SSSR count). The van der Waals surface area contributed by atoms with Crippen molar-refractivity contribution < 1.29 is 9.53 Å². The molecule has 5 nitrogen and oxygen atoms in total. The number of aryl methyl sites for hydroxylation is 1. The van der Waals surface area contributed by atoms with E-state index in [2.05, 4.69) is 21.7 Å². The molecule has 0 unspecified atom stereocenters. The van der Waals surface area contributed by atoms with Crippen molar-refractivity contribution in [1.29, 1.82) is 0 Å². The van der Waals surface area contributed by atoms with Gasteiger partial charge in [0.25, 0.3) is 0 Å². The number of amides is 1. The Morgan fingerprint density at radius 2 is 2.04 bits per heavy atom. The summed E-state index contributed by atoms with van der Waals surface area (Å²) in [6.45, 7) is 4.97. The summed E-state index contributed by atoms with van der Waals surface area (Å²) in [5.41, 5.74) is 1.15. The summed E-state index contributed by atoms with van der Waals surface area (Å²) in [6, 6.07) is 8.12. The van der Waals surface area contributed by atoms with Gasteiger partial charge in [-0.1, -0.05) is 37.8 Å². The minimum Gasteiger partial charge on any atom is -0.494 e. The molecule has 1 aromatic carbocycles. The van der Waals surface area contributed by atoms with Crippen LogP contribution in [0.4, 0.5) is 0 Å². The number of carbonyl (C=O) groups excluding carboxylic acids is 1. The van der Waals surface area contributed by atoms with E-state index in [9.17, 15) is 4.79 Å². The third-order valence-electron chi connectivity index (χ3n) is 5.61. The molecule has 28 heavy (non-hydrogen) atoms. The number of hydrogen-bond donors (Lipinski definition) is 0. The van der Waals surface area contributed by atoms with E-state index >= 15 is 0 Å². The number of nitrogens with zero attached hydrogens (tertiary/aromatic N) is 3. The lowest BCUT2D eigenvalue weighted by Crippen LogP contribution is -2.32. The van der Waals surface area contributed by atoms with E-state index < -0.39 is 0 Å². The van der Waals surface area contributed by atoms with Crippen molar-refractivity contribution in [3.05, 3.63) is 48.5 Å². The first-order valence-corrected chi connectivity index (χ1v) is 10.7. The predicted molar refractivity (Wildman–Crippen MR) is 111 cm³/mol. The van der Waals surface area contributed by atoms with Gasteiger partial charge in [0.05, 0.1) is 12.9 Å². The molecular formula is C23H33N3O2. The van der Waals surface area contributed by atoms with Crippen LogP contribution in [0, 0.1) is 5.92 Å². The summed E-state index contributed by atoms with van der Waals surface area (Å²) in [7, 11) is 0. The smallest absolute Gasteiger partial charge is 0.222 e. The Hall–Kier alpha value is -2.30. The van der Waals surface area contributed by atoms with E-state index in [0.29, 0.717) is 19.6 Å². The summed E-state index contributed by atoms with van der Waals surface area (Å²) in [5, 5.41) is 0. The second kappa shape index (κ2) is 10.9. The lowest BCUT2D eigenvalue weighted by molar-refractivity contribution is -0.132. The van der Waals surface area contributed by atoms with Crippen molar-refractivity contribution >= 4 is 5.91 Å². The number of rotatable bonds is 11. The molecule has 0 saturated heterocycles. The average Bonchev–Trinajstić information content (AvgIpc) is 3.41. The molecule has 1 aliphatic rings. The van der Waals surface area contributed by atoms with Gasteiger partial charge in [0.2, 0.25) is 5.91 Å². The molecule has 0 atom stereocenters. The van der Waals surface area contributed by atoms with Gasteiger partial charge in [-0.3, -0.25) is 4.79 Å². The Labute approximate surface area is 168 Å². The summed E-state index contributed by atoms with van der Waals surface area (Å²) in [4.78, 5) is 19.1. The Balaban J connectivity index is 1.56. The summed E-state index contributed by atoms with van der Waals surface area (Å²) >= 11 is 0. The minimum absolute atomic E-state index is 0.284. The van der Waals surface area contributed by atoms with Gasteiger partial charge in [-0.2, -0.15) is 0 Å². The Bertz CT molecular complexity index is 691. The maximum atomic E-state index is 12.9. The number of ether oxygens (including phenoxy) is 1. The van der Waals surface area contributed by atoms with Crippen molar-refractivity contribution in [1.82, 2.24) is 14.5 Å². The van der Waals surface area contributed by atoms with Crippen LogP contribution in [0.3, 0.4) is 0 Å².